The maximum Gasteiger partial charge on any atom is 0.252 e. The summed E-state index contributed by atoms with van der Waals surface area (Å²) in [5.41, 5.74) is 18.5. The number of hydrogen-bond donors (Lipinski definition) is 0. The molecule has 0 saturated heterocycles. The Morgan fingerprint density at radius 1 is 0.413 bits per heavy atom. The van der Waals surface area contributed by atoms with E-state index >= 15 is 0 Å². The van der Waals surface area contributed by atoms with Crippen LogP contribution in [0.2, 0.25) is 0 Å². The molecule has 0 unspecified atom stereocenters. The van der Waals surface area contributed by atoms with Crippen LogP contribution in [0.15, 0.2) is 97.1 Å². The van der Waals surface area contributed by atoms with E-state index in [-0.39, 0.29) is 6.71 Å². The number of anilines is 6. The van der Waals surface area contributed by atoms with Crippen LogP contribution in [0.1, 0.15) is 107 Å². The molecule has 2 heterocycles. The molecule has 0 radical (unpaired) electrons. The fraction of sp³-hybridized carbons (Fsp3) is 0.302. The van der Waals surface area contributed by atoms with Gasteiger partial charge in [-0.1, -0.05) is 104 Å². The third kappa shape index (κ3) is 4.96. The lowest BCUT2D eigenvalue weighted by Crippen LogP contribution is -2.61. The van der Waals surface area contributed by atoms with Gasteiger partial charge in [-0.2, -0.15) is 0 Å². The molecule has 0 fully saturated rings. The van der Waals surface area contributed by atoms with Crippen LogP contribution in [-0.4, -0.2) is 6.71 Å². The normalized spacial score (nSPS) is 13.5. The fourth-order valence-electron chi connectivity index (χ4n) is 7.47. The van der Waals surface area contributed by atoms with Gasteiger partial charge in [-0.05, 0) is 123 Å². The zero-order chi connectivity index (χ0) is 32.4. The SMILES string of the molecule is Cc1cc2c3c(c1)N(c1ccc(C(C)C)cc1)c1ccc(C(C)C)cc1B3c1cc(C(C)C)ccc1N2c1ccc(C(C)C)cc1. The molecule has 2 aliphatic rings. The third-order valence-electron chi connectivity index (χ3n) is 10.2. The van der Waals surface area contributed by atoms with Crippen molar-refractivity contribution in [2.45, 2.75) is 86.0 Å². The van der Waals surface area contributed by atoms with E-state index in [0.717, 1.165) is 0 Å². The zero-order valence-electron chi connectivity index (χ0n) is 29.0. The first-order chi connectivity index (χ1) is 22.0. The highest BCUT2D eigenvalue weighted by molar-refractivity contribution is 7.00. The Morgan fingerprint density at radius 3 is 1.11 bits per heavy atom. The van der Waals surface area contributed by atoms with Crippen LogP contribution in [0.4, 0.5) is 34.1 Å². The molecule has 2 nitrogen and oxygen atoms in total. The molecule has 0 spiro atoms. The monoisotopic (exact) mass is 602 g/mol. The van der Waals surface area contributed by atoms with Crippen molar-refractivity contribution >= 4 is 57.2 Å². The quantitative estimate of drug-likeness (QED) is 0.175. The highest BCUT2D eigenvalue weighted by Gasteiger charge is 2.43. The van der Waals surface area contributed by atoms with Gasteiger partial charge in [-0.25, -0.2) is 0 Å². The molecule has 2 aliphatic heterocycles. The predicted molar refractivity (Wildman–Crippen MR) is 202 cm³/mol. The minimum atomic E-state index is 0.144. The van der Waals surface area contributed by atoms with Gasteiger partial charge in [0.2, 0.25) is 0 Å². The smallest absolute Gasteiger partial charge is 0.252 e. The molecule has 5 aromatic carbocycles. The van der Waals surface area contributed by atoms with Gasteiger partial charge in [0.1, 0.15) is 0 Å². The van der Waals surface area contributed by atoms with Crippen molar-refractivity contribution in [2.75, 3.05) is 9.80 Å². The standard InChI is InChI=1S/C43H47BN2/c1-26(2)31-10-16-35(17-11-31)45-39-20-14-33(28(5)6)24-37(39)44-38-25-34(29(7)8)15-21-40(38)46(36-18-12-32(13-19-36)27(3)4)42-23-30(9)22-41(45)43(42)44/h10-29H,1-9H3. The van der Waals surface area contributed by atoms with E-state index in [1.54, 1.807) is 0 Å². The minimum Gasteiger partial charge on any atom is -0.311 e. The average molecular weight is 603 g/mol. The molecule has 5 aromatic rings. The molecule has 232 valence electrons. The topological polar surface area (TPSA) is 6.48 Å². The Hall–Kier alpha value is -4.24. The maximum absolute atomic E-state index is 2.53. The summed E-state index contributed by atoms with van der Waals surface area (Å²) in [6.45, 7) is 20.7. The molecule has 46 heavy (non-hydrogen) atoms. The predicted octanol–water partition coefficient (Wildman–Crippen LogP) is 10.6. The van der Waals surface area contributed by atoms with E-state index in [1.807, 2.05) is 0 Å². The second-order valence-electron chi connectivity index (χ2n) is 14.8. The lowest BCUT2D eigenvalue weighted by molar-refractivity contribution is 0.866. The molecule has 0 saturated carbocycles. The summed E-state index contributed by atoms with van der Waals surface area (Å²) in [6, 6.07) is 37.8. The van der Waals surface area contributed by atoms with Crippen LogP contribution in [0.5, 0.6) is 0 Å². The fourth-order valence-corrected chi connectivity index (χ4v) is 7.47. The van der Waals surface area contributed by atoms with Crippen molar-refractivity contribution in [1.82, 2.24) is 0 Å². The molecule has 7 rings (SSSR count). The Morgan fingerprint density at radius 2 is 0.761 bits per heavy atom. The van der Waals surface area contributed by atoms with Gasteiger partial charge >= 0.3 is 0 Å². The van der Waals surface area contributed by atoms with Crippen molar-refractivity contribution < 1.29 is 0 Å². The summed E-state index contributed by atoms with van der Waals surface area (Å²) in [5, 5.41) is 0. The number of fused-ring (bicyclic) bond motifs is 4. The number of aryl methyl sites for hydroxylation is 1. The van der Waals surface area contributed by atoms with Crippen molar-refractivity contribution in [3.8, 4) is 0 Å². The van der Waals surface area contributed by atoms with Crippen molar-refractivity contribution in [3.05, 3.63) is 125 Å². The van der Waals surface area contributed by atoms with Gasteiger partial charge in [0.25, 0.3) is 6.71 Å². The first-order valence-electron chi connectivity index (χ1n) is 17.3. The summed E-state index contributed by atoms with van der Waals surface area (Å²) >= 11 is 0. The summed E-state index contributed by atoms with van der Waals surface area (Å²) in [6.07, 6.45) is 0. The maximum atomic E-state index is 2.53. The summed E-state index contributed by atoms with van der Waals surface area (Å²) < 4.78 is 0. The zero-order valence-corrected chi connectivity index (χ0v) is 29.0. The molecule has 0 atom stereocenters. The van der Waals surface area contributed by atoms with E-state index in [4.69, 9.17) is 0 Å². The third-order valence-corrected chi connectivity index (χ3v) is 10.2. The van der Waals surface area contributed by atoms with Crippen LogP contribution in [0, 0.1) is 6.92 Å². The van der Waals surface area contributed by atoms with Crippen LogP contribution in [0.3, 0.4) is 0 Å². The van der Waals surface area contributed by atoms with Gasteiger partial charge in [0.15, 0.2) is 0 Å². The van der Waals surface area contributed by atoms with Crippen molar-refractivity contribution in [2.24, 2.45) is 0 Å². The van der Waals surface area contributed by atoms with Crippen LogP contribution in [0.25, 0.3) is 0 Å². The highest BCUT2D eigenvalue weighted by atomic mass is 15.2. The van der Waals surface area contributed by atoms with Gasteiger partial charge in [0, 0.05) is 34.1 Å². The molecule has 3 heteroatoms. The highest BCUT2D eigenvalue weighted by Crippen LogP contribution is 2.45. The van der Waals surface area contributed by atoms with E-state index in [0.29, 0.717) is 23.7 Å². The molecule has 0 aliphatic carbocycles. The van der Waals surface area contributed by atoms with Gasteiger partial charge in [-0.3, -0.25) is 0 Å². The van der Waals surface area contributed by atoms with E-state index in [2.05, 4.69) is 169 Å². The summed E-state index contributed by atoms with van der Waals surface area (Å²) in [5.74, 6) is 1.89. The van der Waals surface area contributed by atoms with Crippen LogP contribution < -0.4 is 26.2 Å². The summed E-state index contributed by atoms with van der Waals surface area (Å²) in [4.78, 5) is 5.06. The van der Waals surface area contributed by atoms with Gasteiger partial charge < -0.3 is 9.80 Å². The van der Waals surface area contributed by atoms with Gasteiger partial charge in [-0.15, -0.1) is 0 Å². The number of benzene rings is 5. The second kappa shape index (κ2) is 11.5. The van der Waals surface area contributed by atoms with Crippen LogP contribution in [-0.2, 0) is 0 Å². The van der Waals surface area contributed by atoms with E-state index in [9.17, 15) is 0 Å². The van der Waals surface area contributed by atoms with Crippen molar-refractivity contribution in [3.63, 3.8) is 0 Å². The van der Waals surface area contributed by atoms with Crippen LogP contribution >= 0.6 is 0 Å². The lowest BCUT2D eigenvalue weighted by Gasteiger charge is -2.44. The first-order valence-corrected chi connectivity index (χ1v) is 17.3. The molecule has 0 amide bonds. The number of nitrogens with zero attached hydrogens (tertiary/aromatic N) is 2. The molecule has 0 N–H and O–H groups in total. The largest absolute Gasteiger partial charge is 0.311 e. The first kappa shape index (κ1) is 30.4. The Balaban J connectivity index is 1.55. The number of rotatable bonds is 6. The van der Waals surface area contributed by atoms with E-state index < -0.39 is 0 Å². The molecule has 0 aromatic heterocycles. The van der Waals surface area contributed by atoms with Crippen molar-refractivity contribution in [1.29, 1.82) is 0 Å². The average Bonchev–Trinajstić information content (AvgIpc) is 3.04. The van der Waals surface area contributed by atoms with E-state index in [1.165, 1.54) is 78.3 Å². The number of hydrogen-bond acceptors (Lipinski definition) is 2. The Labute approximate surface area is 277 Å². The molecular formula is C43H47BN2. The Bertz CT molecular complexity index is 1780. The molecule has 0 bridgehead atoms. The minimum absolute atomic E-state index is 0.144. The summed E-state index contributed by atoms with van der Waals surface area (Å²) in [7, 11) is 0. The Kier molecular flexibility index (Phi) is 7.63. The molecular weight excluding hydrogens is 555 g/mol. The lowest BCUT2D eigenvalue weighted by atomic mass is 9.33. The second-order valence-corrected chi connectivity index (χ2v) is 14.8. The van der Waals surface area contributed by atoms with Gasteiger partial charge in [0.05, 0.1) is 0 Å².